The fraction of sp³-hybridized carbons (Fsp3) is 0.429. The van der Waals surface area contributed by atoms with E-state index in [0.717, 1.165) is 18.4 Å². The number of ether oxygens (including phenoxy) is 2. The van der Waals surface area contributed by atoms with Crippen molar-refractivity contribution in [1.29, 1.82) is 0 Å². The molecule has 0 bridgehead atoms. The lowest BCUT2D eigenvalue weighted by Crippen LogP contribution is -2.04. The average Bonchev–Trinajstić information content (AvgIpc) is 3.38. The van der Waals surface area contributed by atoms with E-state index < -0.39 is 0 Å². The molecule has 0 spiro atoms. The lowest BCUT2D eigenvalue weighted by atomic mass is 10.0. The maximum atomic E-state index is 14.0. The highest BCUT2D eigenvalue weighted by atomic mass is 19.1. The Morgan fingerprint density at radius 1 is 1.27 bits per heavy atom. The lowest BCUT2D eigenvalue weighted by Gasteiger charge is -2.10. The van der Waals surface area contributed by atoms with Gasteiger partial charge in [0, 0.05) is 23.9 Å². The van der Waals surface area contributed by atoms with Crippen LogP contribution in [0.5, 0.6) is 11.8 Å². The van der Waals surface area contributed by atoms with Crippen molar-refractivity contribution < 1.29 is 13.9 Å². The molecule has 0 radical (unpaired) electrons. The maximum absolute atomic E-state index is 14.0. The van der Waals surface area contributed by atoms with E-state index in [1.165, 1.54) is 18.9 Å². The molecule has 138 valence electrons. The average molecular weight is 356 g/mol. The summed E-state index contributed by atoms with van der Waals surface area (Å²) in [6.45, 7) is 8.98. The van der Waals surface area contributed by atoms with Crippen LogP contribution >= 0.6 is 0 Å². The minimum Gasteiger partial charge on any atom is -0.481 e. The number of rotatable bonds is 8. The smallest absolute Gasteiger partial charge is 0.213 e. The molecule has 2 heterocycles. The summed E-state index contributed by atoms with van der Waals surface area (Å²) in [5.74, 6) is 2.08. The predicted molar refractivity (Wildman–Crippen MR) is 99.8 cm³/mol. The van der Waals surface area contributed by atoms with Crippen LogP contribution in [0.2, 0.25) is 0 Å². The largest absolute Gasteiger partial charge is 0.481 e. The van der Waals surface area contributed by atoms with Gasteiger partial charge in [-0.25, -0.2) is 14.4 Å². The normalized spacial score (nSPS) is 18.7. The van der Waals surface area contributed by atoms with Crippen molar-refractivity contribution >= 4 is 5.57 Å². The molecule has 0 saturated heterocycles. The van der Waals surface area contributed by atoms with E-state index in [0.29, 0.717) is 41.7 Å². The molecule has 2 unspecified atom stereocenters. The number of hydrogen-bond acceptors (Lipinski definition) is 4. The number of pyridine rings is 2. The zero-order valence-corrected chi connectivity index (χ0v) is 15.5. The fourth-order valence-electron chi connectivity index (χ4n) is 3.05. The van der Waals surface area contributed by atoms with E-state index in [4.69, 9.17) is 9.47 Å². The summed E-state index contributed by atoms with van der Waals surface area (Å²) in [5, 5.41) is 0. The first-order valence-corrected chi connectivity index (χ1v) is 8.94. The number of allylic oxidation sites excluding steroid dienone is 1. The van der Waals surface area contributed by atoms with Gasteiger partial charge in [0.25, 0.3) is 0 Å². The topological polar surface area (TPSA) is 44.2 Å². The summed E-state index contributed by atoms with van der Waals surface area (Å²) in [7, 11) is 1.52. The van der Waals surface area contributed by atoms with Gasteiger partial charge in [-0.3, -0.25) is 0 Å². The lowest BCUT2D eigenvalue weighted by molar-refractivity contribution is 0.281. The molecule has 0 amide bonds. The van der Waals surface area contributed by atoms with Gasteiger partial charge >= 0.3 is 0 Å². The zero-order chi connectivity index (χ0) is 18.7. The van der Waals surface area contributed by atoms with E-state index in [-0.39, 0.29) is 5.82 Å². The van der Waals surface area contributed by atoms with Crippen LogP contribution in [0.15, 0.2) is 37.2 Å². The standard InChI is InChI=1S/C21H25FN2O2/c1-13(2)15-5-6-23-21(9-15)26-12-17-8-16(17)7-14(3)18-10-20(25-4)24-11-19(18)22/h5-6,9-11,13,16-17H,3,7-8,12H2,1-2,4H3. The molecule has 2 aromatic rings. The number of nitrogens with zero attached hydrogens (tertiary/aromatic N) is 2. The van der Waals surface area contributed by atoms with Gasteiger partial charge in [-0.15, -0.1) is 0 Å². The van der Waals surface area contributed by atoms with E-state index >= 15 is 0 Å². The second-order valence-electron chi connectivity index (χ2n) is 7.16. The molecule has 3 rings (SSSR count). The Hall–Kier alpha value is -2.43. The Morgan fingerprint density at radius 3 is 2.81 bits per heavy atom. The quantitative estimate of drug-likeness (QED) is 0.677. The van der Waals surface area contributed by atoms with Gasteiger partial charge in [0.15, 0.2) is 0 Å². The van der Waals surface area contributed by atoms with Crippen molar-refractivity contribution in [2.75, 3.05) is 13.7 Å². The molecule has 1 aliphatic carbocycles. The molecule has 2 aromatic heterocycles. The highest BCUT2D eigenvalue weighted by Gasteiger charge is 2.38. The van der Waals surface area contributed by atoms with Crippen molar-refractivity contribution in [1.82, 2.24) is 9.97 Å². The third kappa shape index (κ3) is 4.40. The van der Waals surface area contributed by atoms with E-state index in [2.05, 4.69) is 30.4 Å². The maximum Gasteiger partial charge on any atom is 0.213 e. The van der Waals surface area contributed by atoms with Crippen LogP contribution in [0, 0.1) is 17.7 Å². The molecule has 4 nitrogen and oxygen atoms in total. The van der Waals surface area contributed by atoms with E-state index in [1.807, 2.05) is 12.1 Å². The van der Waals surface area contributed by atoms with Crippen LogP contribution in [0.4, 0.5) is 4.39 Å². The molecule has 5 heteroatoms. The third-order valence-corrected chi connectivity index (χ3v) is 4.87. The summed E-state index contributed by atoms with van der Waals surface area (Å²) in [4.78, 5) is 8.14. The molecular formula is C21H25FN2O2. The summed E-state index contributed by atoms with van der Waals surface area (Å²) in [6, 6.07) is 5.62. The van der Waals surface area contributed by atoms with Gasteiger partial charge in [0.2, 0.25) is 11.8 Å². The van der Waals surface area contributed by atoms with Gasteiger partial charge in [-0.05, 0) is 47.8 Å². The molecule has 1 fully saturated rings. The Labute approximate surface area is 154 Å². The molecule has 0 N–H and O–H groups in total. The molecule has 0 aliphatic heterocycles. The monoisotopic (exact) mass is 356 g/mol. The molecule has 1 saturated carbocycles. The SMILES string of the molecule is C=C(CC1CC1COc1cc(C(C)C)ccn1)c1cc(OC)ncc1F. The summed E-state index contributed by atoms with van der Waals surface area (Å²) < 4.78 is 24.9. The summed E-state index contributed by atoms with van der Waals surface area (Å²) in [6.07, 6.45) is 4.78. The number of aromatic nitrogens is 2. The minimum absolute atomic E-state index is 0.362. The van der Waals surface area contributed by atoms with Crippen molar-refractivity contribution in [3.8, 4) is 11.8 Å². The van der Waals surface area contributed by atoms with Gasteiger partial charge < -0.3 is 9.47 Å². The summed E-state index contributed by atoms with van der Waals surface area (Å²) in [5.41, 5.74) is 2.48. The fourth-order valence-corrected chi connectivity index (χ4v) is 3.05. The van der Waals surface area contributed by atoms with E-state index in [1.54, 1.807) is 12.3 Å². The number of hydrogen-bond donors (Lipinski definition) is 0. The predicted octanol–water partition coefficient (Wildman–Crippen LogP) is 4.87. The molecule has 0 aromatic carbocycles. The van der Waals surface area contributed by atoms with Crippen LogP contribution in [-0.2, 0) is 0 Å². The Bertz CT molecular complexity index is 791. The zero-order valence-electron chi connectivity index (χ0n) is 15.5. The summed E-state index contributed by atoms with van der Waals surface area (Å²) >= 11 is 0. The first-order valence-electron chi connectivity index (χ1n) is 8.94. The Kier molecular flexibility index (Phi) is 5.55. The van der Waals surface area contributed by atoms with Crippen molar-refractivity contribution in [2.24, 2.45) is 11.8 Å². The van der Waals surface area contributed by atoms with Crippen LogP contribution in [0.3, 0.4) is 0 Å². The molecule has 1 aliphatic rings. The van der Waals surface area contributed by atoms with Crippen LogP contribution in [0.1, 0.15) is 43.7 Å². The van der Waals surface area contributed by atoms with Crippen LogP contribution in [-0.4, -0.2) is 23.7 Å². The van der Waals surface area contributed by atoms with Crippen LogP contribution < -0.4 is 9.47 Å². The van der Waals surface area contributed by atoms with Crippen molar-refractivity contribution in [3.63, 3.8) is 0 Å². The second-order valence-corrected chi connectivity index (χ2v) is 7.16. The van der Waals surface area contributed by atoms with Gasteiger partial charge in [-0.1, -0.05) is 20.4 Å². The molecule has 2 atom stereocenters. The van der Waals surface area contributed by atoms with Gasteiger partial charge in [-0.2, -0.15) is 0 Å². The molecule has 26 heavy (non-hydrogen) atoms. The molecular weight excluding hydrogens is 331 g/mol. The van der Waals surface area contributed by atoms with Crippen molar-refractivity contribution in [3.05, 3.63) is 54.1 Å². The highest BCUT2D eigenvalue weighted by Crippen LogP contribution is 2.45. The Balaban J connectivity index is 1.52. The first kappa shape index (κ1) is 18.4. The second kappa shape index (κ2) is 7.85. The third-order valence-electron chi connectivity index (χ3n) is 4.87. The highest BCUT2D eigenvalue weighted by molar-refractivity contribution is 5.64. The first-order chi connectivity index (χ1) is 12.5. The van der Waals surface area contributed by atoms with Crippen molar-refractivity contribution in [2.45, 2.75) is 32.6 Å². The van der Waals surface area contributed by atoms with E-state index in [9.17, 15) is 4.39 Å². The minimum atomic E-state index is -0.362. The number of methoxy groups -OCH3 is 1. The van der Waals surface area contributed by atoms with Gasteiger partial charge in [0.05, 0.1) is 19.9 Å². The Morgan fingerprint density at radius 2 is 2.08 bits per heavy atom. The van der Waals surface area contributed by atoms with Gasteiger partial charge in [0.1, 0.15) is 5.82 Å². The van der Waals surface area contributed by atoms with Crippen LogP contribution in [0.25, 0.3) is 5.57 Å². The number of halogens is 1.